The molecule has 7 heteroatoms. The Hall–Kier alpha value is -2.73. The SMILES string of the molecule is CCCCCCCC(=O)NCCCN(C(=O)Nc1cccc(Cl)c1)c1ccc(OC)cc1. The van der Waals surface area contributed by atoms with Crippen LogP contribution in [-0.4, -0.2) is 32.1 Å². The van der Waals surface area contributed by atoms with Crippen molar-refractivity contribution in [2.75, 3.05) is 30.4 Å². The zero-order valence-corrected chi connectivity index (χ0v) is 19.8. The molecule has 0 bridgehead atoms. The Kier molecular flexibility index (Phi) is 11.5. The molecule has 0 aliphatic carbocycles. The second kappa shape index (κ2) is 14.4. The highest BCUT2D eigenvalue weighted by molar-refractivity contribution is 6.30. The van der Waals surface area contributed by atoms with Gasteiger partial charge in [0.15, 0.2) is 0 Å². The lowest BCUT2D eigenvalue weighted by Gasteiger charge is -2.23. The number of rotatable bonds is 13. The first-order valence-corrected chi connectivity index (χ1v) is 11.7. The molecule has 0 aliphatic heterocycles. The van der Waals surface area contributed by atoms with Crippen LogP contribution in [0.2, 0.25) is 5.02 Å². The lowest BCUT2D eigenvalue weighted by atomic mass is 10.1. The highest BCUT2D eigenvalue weighted by Gasteiger charge is 2.16. The quantitative estimate of drug-likeness (QED) is 0.347. The molecule has 0 aromatic heterocycles. The summed E-state index contributed by atoms with van der Waals surface area (Å²) in [5.41, 5.74) is 1.37. The molecule has 32 heavy (non-hydrogen) atoms. The van der Waals surface area contributed by atoms with Crippen molar-refractivity contribution < 1.29 is 14.3 Å². The summed E-state index contributed by atoms with van der Waals surface area (Å²) in [5, 5.41) is 6.40. The number of hydrogen-bond donors (Lipinski definition) is 2. The number of amides is 3. The van der Waals surface area contributed by atoms with Crippen LogP contribution in [0.5, 0.6) is 5.75 Å². The first kappa shape index (κ1) is 25.5. The third-order valence-corrected chi connectivity index (χ3v) is 5.33. The lowest BCUT2D eigenvalue weighted by Crippen LogP contribution is -2.37. The number of carbonyl (C=O) groups is 2. The van der Waals surface area contributed by atoms with Crippen LogP contribution in [0.15, 0.2) is 48.5 Å². The van der Waals surface area contributed by atoms with E-state index in [-0.39, 0.29) is 11.9 Å². The van der Waals surface area contributed by atoms with Crippen molar-refractivity contribution in [3.05, 3.63) is 53.6 Å². The summed E-state index contributed by atoms with van der Waals surface area (Å²) in [6.07, 6.45) is 6.81. The first-order valence-electron chi connectivity index (χ1n) is 11.3. The van der Waals surface area contributed by atoms with Crippen molar-refractivity contribution in [1.29, 1.82) is 0 Å². The predicted molar refractivity (Wildman–Crippen MR) is 132 cm³/mol. The molecule has 0 saturated carbocycles. The van der Waals surface area contributed by atoms with E-state index < -0.39 is 0 Å². The number of anilines is 2. The molecule has 0 atom stereocenters. The van der Waals surface area contributed by atoms with E-state index in [1.807, 2.05) is 24.3 Å². The number of carbonyl (C=O) groups excluding carboxylic acids is 2. The molecule has 0 unspecified atom stereocenters. The molecular formula is C25H34ClN3O3. The van der Waals surface area contributed by atoms with Gasteiger partial charge in [0.25, 0.3) is 0 Å². The largest absolute Gasteiger partial charge is 0.497 e. The molecule has 6 nitrogen and oxygen atoms in total. The van der Waals surface area contributed by atoms with Gasteiger partial charge >= 0.3 is 6.03 Å². The summed E-state index contributed by atoms with van der Waals surface area (Å²) in [6.45, 7) is 3.15. The third kappa shape index (κ3) is 9.18. The first-order chi connectivity index (χ1) is 15.5. The normalized spacial score (nSPS) is 10.5. The zero-order valence-electron chi connectivity index (χ0n) is 19.0. The van der Waals surface area contributed by atoms with Crippen LogP contribution in [0.25, 0.3) is 0 Å². The molecule has 0 saturated heterocycles. The number of halogens is 1. The van der Waals surface area contributed by atoms with Gasteiger partial charge in [-0.3, -0.25) is 9.69 Å². The standard InChI is InChI=1S/C25H34ClN3O3/c1-3-4-5-6-7-12-24(30)27-17-9-18-29(22-13-15-23(32-2)16-14-22)25(31)28-21-11-8-10-20(26)19-21/h8,10-11,13-16,19H,3-7,9,12,17-18H2,1-2H3,(H,27,30)(H,28,31). The Labute approximate surface area is 196 Å². The maximum Gasteiger partial charge on any atom is 0.326 e. The van der Waals surface area contributed by atoms with Crippen LogP contribution >= 0.6 is 11.6 Å². The molecule has 0 heterocycles. The fraction of sp³-hybridized carbons (Fsp3) is 0.440. The van der Waals surface area contributed by atoms with Gasteiger partial charge in [-0.05, 0) is 55.3 Å². The Morgan fingerprint density at radius 2 is 1.75 bits per heavy atom. The number of urea groups is 1. The van der Waals surface area contributed by atoms with Gasteiger partial charge in [0.1, 0.15) is 5.75 Å². The minimum atomic E-state index is -0.264. The number of methoxy groups -OCH3 is 1. The highest BCUT2D eigenvalue weighted by Crippen LogP contribution is 2.21. The van der Waals surface area contributed by atoms with Crippen molar-refractivity contribution in [3.63, 3.8) is 0 Å². The molecule has 2 N–H and O–H groups in total. The van der Waals surface area contributed by atoms with Gasteiger partial charge < -0.3 is 15.4 Å². The number of benzene rings is 2. The summed E-state index contributed by atoms with van der Waals surface area (Å²) in [4.78, 5) is 26.7. The van der Waals surface area contributed by atoms with E-state index >= 15 is 0 Å². The minimum Gasteiger partial charge on any atom is -0.497 e. The van der Waals surface area contributed by atoms with E-state index in [1.54, 1.807) is 36.3 Å². The Bertz CT molecular complexity index is 843. The van der Waals surface area contributed by atoms with E-state index in [2.05, 4.69) is 17.6 Å². The van der Waals surface area contributed by atoms with Gasteiger partial charge in [-0.25, -0.2) is 4.79 Å². The number of nitrogens with zero attached hydrogens (tertiary/aromatic N) is 1. The van der Waals surface area contributed by atoms with Crippen LogP contribution in [0.1, 0.15) is 51.9 Å². The van der Waals surface area contributed by atoms with Crippen LogP contribution in [0.4, 0.5) is 16.2 Å². The second-order valence-electron chi connectivity index (χ2n) is 7.66. The zero-order chi connectivity index (χ0) is 23.2. The van der Waals surface area contributed by atoms with Gasteiger partial charge in [0, 0.05) is 35.9 Å². The molecule has 0 spiro atoms. The Morgan fingerprint density at radius 3 is 2.44 bits per heavy atom. The molecule has 0 radical (unpaired) electrons. The molecular weight excluding hydrogens is 426 g/mol. The van der Waals surface area contributed by atoms with Gasteiger partial charge in [0.05, 0.1) is 7.11 Å². The average Bonchev–Trinajstić information content (AvgIpc) is 2.79. The Balaban J connectivity index is 1.90. The van der Waals surface area contributed by atoms with Gasteiger partial charge in [-0.1, -0.05) is 50.3 Å². The van der Waals surface area contributed by atoms with Crippen molar-refractivity contribution in [3.8, 4) is 5.75 Å². The summed E-state index contributed by atoms with van der Waals surface area (Å²) in [6, 6.07) is 14.1. The predicted octanol–water partition coefficient (Wildman–Crippen LogP) is 6.25. The average molecular weight is 460 g/mol. The number of unbranched alkanes of at least 4 members (excludes halogenated alkanes) is 4. The van der Waals surface area contributed by atoms with Crippen molar-refractivity contribution >= 4 is 34.9 Å². The monoisotopic (exact) mass is 459 g/mol. The van der Waals surface area contributed by atoms with Crippen LogP contribution in [0.3, 0.4) is 0 Å². The van der Waals surface area contributed by atoms with E-state index in [4.69, 9.17) is 16.3 Å². The maximum absolute atomic E-state index is 13.0. The van der Waals surface area contributed by atoms with Crippen molar-refractivity contribution in [1.82, 2.24) is 5.32 Å². The topological polar surface area (TPSA) is 70.7 Å². The maximum atomic E-state index is 13.0. The number of ether oxygens (including phenoxy) is 1. The van der Waals surface area contributed by atoms with E-state index in [0.717, 1.165) is 24.3 Å². The molecule has 0 aliphatic rings. The van der Waals surface area contributed by atoms with Crippen LogP contribution in [0, 0.1) is 0 Å². The number of hydrogen-bond acceptors (Lipinski definition) is 3. The van der Waals surface area contributed by atoms with Crippen LogP contribution in [-0.2, 0) is 4.79 Å². The van der Waals surface area contributed by atoms with Crippen LogP contribution < -0.4 is 20.3 Å². The van der Waals surface area contributed by atoms with Gasteiger partial charge in [-0.2, -0.15) is 0 Å². The van der Waals surface area contributed by atoms with Gasteiger partial charge in [0.2, 0.25) is 5.91 Å². The van der Waals surface area contributed by atoms with Crippen molar-refractivity contribution in [2.24, 2.45) is 0 Å². The molecule has 2 aromatic carbocycles. The summed E-state index contributed by atoms with van der Waals surface area (Å²) >= 11 is 6.03. The third-order valence-electron chi connectivity index (χ3n) is 5.09. The fourth-order valence-corrected chi connectivity index (χ4v) is 3.50. The van der Waals surface area contributed by atoms with Gasteiger partial charge in [-0.15, -0.1) is 0 Å². The summed E-state index contributed by atoms with van der Waals surface area (Å²) in [7, 11) is 1.60. The summed E-state index contributed by atoms with van der Waals surface area (Å²) in [5.74, 6) is 0.788. The Morgan fingerprint density at radius 1 is 1.00 bits per heavy atom. The van der Waals surface area contributed by atoms with Crippen molar-refractivity contribution in [2.45, 2.75) is 51.9 Å². The number of nitrogens with one attached hydrogen (secondary N) is 2. The van der Waals surface area contributed by atoms with E-state index in [0.29, 0.717) is 36.6 Å². The van der Waals surface area contributed by atoms with E-state index in [1.165, 1.54) is 19.3 Å². The second-order valence-corrected chi connectivity index (χ2v) is 8.09. The lowest BCUT2D eigenvalue weighted by molar-refractivity contribution is -0.121. The molecule has 3 amide bonds. The van der Waals surface area contributed by atoms with E-state index in [9.17, 15) is 9.59 Å². The molecule has 2 rings (SSSR count). The smallest absolute Gasteiger partial charge is 0.326 e. The fourth-order valence-electron chi connectivity index (χ4n) is 3.31. The minimum absolute atomic E-state index is 0.0703. The molecule has 2 aromatic rings. The highest BCUT2D eigenvalue weighted by atomic mass is 35.5. The molecule has 0 fully saturated rings. The summed E-state index contributed by atoms with van der Waals surface area (Å²) < 4.78 is 5.22. The molecule has 174 valence electrons.